The van der Waals surface area contributed by atoms with Crippen LogP contribution in [0.3, 0.4) is 0 Å². The molecule has 18 heavy (non-hydrogen) atoms. The second-order valence-corrected chi connectivity index (χ2v) is 5.26. The molecule has 1 rings (SSSR count). The maximum Gasteiger partial charge on any atom is 0.137 e. The Kier molecular flexibility index (Phi) is 7.47. The van der Waals surface area contributed by atoms with Crippen molar-refractivity contribution in [1.29, 1.82) is 0 Å². The molecule has 0 saturated carbocycles. The number of carbonyl (C=O) groups is 1. The van der Waals surface area contributed by atoms with Crippen LogP contribution < -0.4 is 0 Å². The zero-order valence-corrected chi connectivity index (χ0v) is 12.2. The standard InChI is InChI=1S/C14H28N2O2/c1-4-15-6-8-16(9-7-15)10-12-18-11-5-14(17)13(2)3/h13H,4-12H2,1-3H3. The molecule has 0 bridgehead atoms. The third-order valence-corrected chi connectivity index (χ3v) is 3.60. The highest BCUT2D eigenvalue weighted by molar-refractivity contribution is 5.80. The molecule has 0 aromatic carbocycles. The van der Waals surface area contributed by atoms with Crippen molar-refractivity contribution in [3.05, 3.63) is 0 Å². The molecule has 0 unspecified atom stereocenters. The van der Waals surface area contributed by atoms with Crippen LogP contribution in [0.5, 0.6) is 0 Å². The Balaban J connectivity index is 1.97. The van der Waals surface area contributed by atoms with Crippen molar-refractivity contribution in [2.24, 2.45) is 5.92 Å². The molecule has 0 N–H and O–H groups in total. The zero-order valence-electron chi connectivity index (χ0n) is 12.2. The lowest BCUT2D eigenvalue weighted by atomic mass is 10.1. The van der Waals surface area contributed by atoms with Crippen molar-refractivity contribution in [2.75, 3.05) is 52.5 Å². The molecule has 0 atom stereocenters. The number of carbonyl (C=O) groups excluding carboxylic acids is 1. The van der Waals surface area contributed by atoms with E-state index in [0.717, 1.165) is 32.8 Å². The Bertz CT molecular complexity index is 236. The van der Waals surface area contributed by atoms with E-state index in [-0.39, 0.29) is 5.92 Å². The predicted octanol–water partition coefficient (Wildman–Crippen LogP) is 1.26. The van der Waals surface area contributed by atoms with Crippen LogP contribution in [0.4, 0.5) is 0 Å². The van der Waals surface area contributed by atoms with Gasteiger partial charge in [-0.3, -0.25) is 9.69 Å². The van der Waals surface area contributed by atoms with E-state index in [4.69, 9.17) is 4.74 Å². The summed E-state index contributed by atoms with van der Waals surface area (Å²) in [5.74, 6) is 0.433. The van der Waals surface area contributed by atoms with E-state index in [1.165, 1.54) is 13.1 Å². The van der Waals surface area contributed by atoms with Gasteiger partial charge in [-0.05, 0) is 6.54 Å². The third kappa shape index (κ3) is 5.94. The van der Waals surface area contributed by atoms with Crippen LogP contribution in [0.15, 0.2) is 0 Å². The maximum atomic E-state index is 11.4. The van der Waals surface area contributed by atoms with Gasteiger partial charge in [0, 0.05) is 45.1 Å². The Morgan fingerprint density at radius 2 is 1.72 bits per heavy atom. The number of hydrogen-bond acceptors (Lipinski definition) is 4. The number of likely N-dealkylation sites (N-methyl/N-ethyl adjacent to an activating group) is 1. The van der Waals surface area contributed by atoms with Crippen molar-refractivity contribution < 1.29 is 9.53 Å². The molecule has 4 nitrogen and oxygen atoms in total. The Morgan fingerprint density at radius 1 is 1.11 bits per heavy atom. The molecule has 4 heteroatoms. The summed E-state index contributed by atoms with van der Waals surface area (Å²) in [5, 5.41) is 0. The molecule has 1 aliphatic rings. The zero-order chi connectivity index (χ0) is 13.4. The first-order valence-corrected chi connectivity index (χ1v) is 7.18. The van der Waals surface area contributed by atoms with Crippen LogP contribution in [0.25, 0.3) is 0 Å². The molecule has 0 aliphatic carbocycles. The first kappa shape index (κ1) is 15.6. The van der Waals surface area contributed by atoms with Gasteiger partial charge in [0.15, 0.2) is 0 Å². The molecule has 0 spiro atoms. The van der Waals surface area contributed by atoms with Gasteiger partial charge in [-0.25, -0.2) is 0 Å². The summed E-state index contributed by atoms with van der Waals surface area (Å²) < 4.78 is 5.53. The van der Waals surface area contributed by atoms with Crippen molar-refractivity contribution in [1.82, 2.24) is 9.80 Å². The first-order chi connectivity index (χ1) is 8.63. The SMILES string of the molecule is CCN1CCN(CCOCCC(=O)C(C)C)CC1. The summed E-state index contributed by atoms with van der Waals surface area (Å²) in [5.41, 5.74) is 0. The van der Waals surface area contributed by atoms with Gasteiger partial charge in [0.2, 0.25) is 0 Å². The highest BCUT2D eigenvalue weighted by atomic mass is 16.5. The van der Waals surface area contributed by atoms with Gasteiger partial charge in [-0.15, -0.1) is 0 Å². The molecule has 1 saturated heterocycles. The fourth-order valence-electron chi connectivity index (χ4n) is 2.09. The van der Waals surface area contributed by atoms with E-state index in [2.05, 4.69) is 16.7 Å². The summed E-state index contributed by atoms with van der Waals surface area (Å²) in [7, 11) is 0. The molecule has 1 heterocycles. The maximum absolute atomic E-state index is 11.4. The van der Waals surface area contributed by atoms with Crippen LogP contribution in [0.1, 0.15) is 27.2 Å². The number of ether oxygens (including phenoxy) is 1. The van der Waals surface area contributed by atoms with Crippen molar-refractivity contribution in [2.45, 2.75) is 27.2 Å². The van der Waals surface area contributed by atoms with Gasteiger partial charge < -0.3 is 9.64 Å². The first-order valence-electron chi connectivity index (χ1n) is 7.18. The topological polar surface area (TPSA) is 32.8 Å². The number of Topliss-reactive ketones (excluding diaryl/α,β-unsaturated/α-hetero) is 1. The summed E-state index contributed by atoms with van der Waals surface area (Å²) >= 11 is 0. The monoisotopic (exact) mass is 256 g/mol. The van der Waals surface area contributed by atoms with Crippen molar-refractivity contribution in [3.8, 4) is 0 Å². The molecule has 0 amide bonds. The molecule has 0 aromatic heterocycles. The van der Waals surface area contributed by atoms with Crippen LogP contribution >= 0.6 is 0 Å². The number of hydrogen-bond donors (Lipinski definition) is 0. The smallest absolute Gasteiger partial charge is 0.137 e. The Labute approximate surface area is 111 Å². The van der Waals surface area contributed by atoms with Gasteiger partial charge >= 0.3 is 0 Å². The molecule has 1 aliphatic heterocycles. The highest BCUT2D eigenvalue weighted by Crippen LogP contribution is 2.01. The fraction of sp³-hybridized carbons (Fsp3) is 0.929. The normalized spacial score (nSPS) is 18.4. The van der Waals surface area contributed by atoms with Gasteiger partial charge in [-0.1, -0.05) is 20.8 Å². The summed E-state index contributed by atoms with van der Waals surface area (Å²) in [4.78, 5) is 16.3. The molecular weight excluding hydrogens is 228 g/mol. The minimum absolute atomic E-state index is 0.135. The second kappa shape index (κ2) is 8.62. The van der Waals surface area contributed by atoms with Gasteiger partial charge in [-0.2, -0.15) is 0 Å². The van der Waals surface area contributed by atoms with E-state index in [0.29, 0.717) is 18.8 Å². The average Bonchev–Trinajstić information content (AvgIpc) is 2.38. The number of piperazine rings is 1. The molecular formula is C14H28N2O2. The van der Waals surface area contributed by atoms with Gasteiger partial charge in [0.1, 0.15) is 5.78 Å². The van der Waals surface area contributed by atoms with Crippen LogP contribution in [0, 0.1) is 5.92 Å². The average molecular weight is 256 g/mol. The van der Waals surface area contributed by atoms with Crippen LogP contribution in [-0.4, -0.2) is 68.1 Å². The van der Waals surface area contributed by atoms with Gasteiger partial charge in [0.05, 0.1) is 13.2 Å². The van der Waals surface area contributed by atoms with E-state index in [9.17, 15) is 4.79 Å². The summed E-state index contributed by atoms with van der Waals surface area (Å²) in [6.45, 7) is 14.2. The molecule has 106 valence electrons. The molecule has 1 fully saturated rings. The fourth-order valence-corrected chi connectivity index (χ4v) is 2.09. The van der Waals surface area contributed by atoms with Gasteiger partial charge in [0.25, 0.3) is 0 Å². The van der Waals surface area contributed by atoms with E-state index >= 15 is 0 Å². The van der Waals surface area contributed by atoms with Crippen LogP contribution in [-0.2, 0) is 9.53 Å². The highest BCUT2D eigenvalue weighted by Gasteiger charge is 2.14. The lowest BCUT2D eigenvalue weighted by Gasteiger charge is -2.33. The minimum atomic E-state index is 0.135. The number of ketones is 1. The van der Waals surface area contributed by atoms with Crippen molar-refractivity contribution >= 4 is 5.78 Å². The van der Waals surface area contributed by atoms with E-state index in [1.807, 2.05) is 13.8 Å². The molecule has 0 radical (unpaired) electrons. The lowest BCUT2D eigenvalue weighted by Crippen LogP contribution is -2.47. The molecule has 0 aromatic rings. The number of nitrogens with zero attached hydrogens (tertiary/aromatic N) is 2. The largest absolute Gasteiger partial charge is 0.380 e. The Hall–Kier alpha value is -0.450. The summed E-state index contributed by atoms with van der Waals surface area (Å²) in [6, 6.07) is 0. The number of rotatable bonds is 8. The summed E-state index contributed by atoms with van der Waals surface area (Å²) in [6.07, 6.45) is 0.557. The minimum Gasteiger partial charge on any atom is -0.380 e. The Morgan fingerprint density at radius 3 is 2.28 bits per heavy atom. The lowest BCUT2D eigenvalue weighted by molar-refractivity contribution is -0.123. The quantitative estimate of drug-likeness (QED) is 0.612. The van der Waals surface area contributed by atoms with Crippen LogP contribution in [0.2, 0.25) is 0 Å². The van der Waals surface area contributed by atoms with E-state index in [1.54, 1.807) is 0 Å². The predicted molar refractivity (Wildman–Crippen MR) is 73.8 cm³/mol. The van der Waals surface area contributed by atoms with Crippen molar-refractivity contribution in [3.63, 3.8) is 0 Å². The third-order valence-electron chi connectivity index (χ3n) is 3.60. The van der Waals surface area contributed by atoms with E-state index < -0.39 is 0 Å². The second-order valence-electron chi connectivity index (χ2n) is 5.26.